The molecule has 1 unspecified atom stereocenters. The minimum Gasteiger partial charge on any atom is -0.359 e. The van der Waals surface area contributed by atoms with Crippen LogP contribution in [-0.4, -0.2) is 16.5 Å². The molecular formula is C14H17F3N2S. The maximum atomic E-state index is 12.9. The number of aliphatic imine (C=N–C) groups is 1. The molecule has 0 amide bonds. The molecule has 2 rings (SSSR count). The van der Waals surface area contributed by atoms with Crippen molar-refractivity contribution in [1.29, 1.82) is 0 Å². The molecule has 1 saturated heterocycles. The van der Waals surface area contributed by atoms with Gasteiger partial charge in [0.25, 0.3) is 0 Å². The fourth-order valence-electron chi connectivity index (χ4n) is 1.93. The minimum absolute atomic E-state index is 0.00690. The fraction of sp³-hybridized carbons (Fsp3) is 0.500. The van der Waals surface area contributed by atoms with Gasteiger partial charge < -0.3 is 5.32 Å². The van der Waals surface area contributed by atoms with Crippen LogP contribution in [0.5, 0.6) is 0 Å². The van der Waals surface area contributed by atoms with E-state index in [2.05, 4.69) is 24.2 Å². The summed E-state index contributed by atoms with van der Waals surface area (Å²) in [5.41, 5.74) is -0.404. The van der Waals surface area contributed by atoms with Crippen LogP contribution in [0.15, 0.2) is 29.3 Å². The summed E-state index contributed by atoms with van der Waals surface area (Å²) in [5, 5.41) is 4.01. The van der Waals surface area contributed by atoms with Crippen LogP contribution >= 0.6 is 11.8 Å². The lowest BCUT2D eigenvalue weighted by atomic mass is 10.0. The first-order valence-electron chi connectivity index (χ1n) is 6.44. The number of nitrogens with zero attached hydrogens (tertiary/aromatic N) is 1. The highest BCUT2D eigenvalue weighted by atomic mass is 32.2. The third kappa shape index (κ3) is 3.48. The van der Waals surface area contributed by atoms with E-state index in [1.54, 1.807) is 17.8 Å². The summed E-state index contributed by atoms with van der Waals surface area (Å²) in [6, 6.07) is 5.58. The van der Waals surface area contributed by atoms with Crippen LogP contribution in [0, 0.1) is 0 Å². The van der Waals surface area contributed by atoms with Crippen molar-refractivity contribution in [2.24, 2.45) is 4.99 Å². The molecule has 20 heavy (non-hydrogen) atoms. The van der Waals surface area contributed by atoms with Crippen molar-refractivity contribution in [3.05, 3.63) is 35.4 Å². The standard InChI is InChI=1S/C14H17F3N2S/c1-3-13(2)9-20-12(19-13)18-8-10-6-4-5-7-11(10)14(15,16)17/h4-7H,3,8-9H2,1-2H3,(H,18,19). The normalized spacial score (nSPS) is 24.9. The molecule has 1 aromatic rings. The van der Waals surface area contributed by atoms with Gasteiger partial charge in [0.05, 0.1) is 12.1 Å². The summed E-state index contributed by atoms with van der Waals surface area (Å²) < 4.78 is 38.6. The zero-order valence-electron chi connectivity index (χ0n) is 11.4. The summed E-state index contributed by atoms with van der Waals surface area (Å²) in [7, 11) is 0. The number of hydrogen-bond donors (Lipinski definition) is 1. The summed E-state index contributed by atoms with van der Waals surface area (Å²) in [6.07, 6.45) is -3.37. The van der Waals surface area contributed by atoms with Gasteiger partial charge in [-0.3, -0.25) is 4.99 Å². The van der Waals surface area contributed by atoms with Gasteiger partial charge in [-0.05, 0) is 25.0 Å². The Morgan fingerprint density at radius 3 is 2.65 bits per heavy atom. The number of nitrogens with one attached hydrogen (secondary N) is 1. The molecule has 1 fully saturated rings. The van der Waals surface area contributed by atoms with Crippen LogP contribution in [0.3, 0.4) is 0 Å². The van der Waals surface area contributed by atoms with Crippen LogP contribution in [0.1, 0.15) is 31.4 Å². The third-order valence-electron chi connectivity index (χ3n) is 3.43. The second-order valence-corrected chi connectivity index (χ2v) is 6.07. The third-order valence-corrected chi connectivity index (χ3v) is 4.72. The number of alkyl halides is 3. The van der Waals surface area contributed by atoms with Gasteiger partial charge in [0, 0.05) is 11.3 Å². The van der Waals surface area contributed by atoms with E-state index in [9.17, 15) is 13.2 Å². The fourth-order valence-corrected chi connectivity index (χ4v) is 3.13. The molecule has 1 N–H and O–H groups in total. The van der Waals surface area contributed by atoms with Gasteiger partial charge in [-0.2, -0.15) is 13.2 Å². The predicted molar refractivity (Wildman–Crippen MR) is 76.9 cm³/mol. The molecular weight excluding hydrogens is 285 g/mol. The highest BCUT2D eigenvalue weighted by molar-refractivity contribution is 8.14. The van der Waals surface area contributed by atoms with E-state index in [-0.39, 0.29) is 17.6 Å². The number of rotatable bonds is 3. The maximum absolute atomic E-state index is 12.9. The van der Waals surface area contributed by atoms with Gasteiger partial charge >= 0.3 is 6.18 Å². The molecule has 1 aromatic carbocycles. The SMILES string of the molecule is CCC1(C)CSC(=NCc2ccccc2C(F)(F)F)N1. The molecule has 1 heterocycles. The lowest BCUT2D eigenvalue weighted by Gasteiger charge is -2.20. The smallest absolute Gasteiger partial charge is 0.359 e. The Hall–Kier alpha value is -1.17. The Morgan fingerprint density at radius 2 is 2.05 bits per heavy atom. The minimum atomic E-state index is -4.33. The van der Waals surface area contributed by atoms with Gasteiger partial charge in [0.2, 0.25) is 0 Å². The maximum Gasteiger partial charge on any atom is 0.416 e. The molecule has 0 saturated carbocycles. The lowest BCUT2D eigenvalue weighted by molar-refractivity contribution is -0.138. The van der Waals surface area contributed by atoms with Crippen molar-refractivity contribution in [2.45, 2.75) is 38.5 Å². The van der Waals surface area contributed by atoms with Crippen molar-refractivity contribution in [3.63, 3.8) is 0 Å². The first-order chi connectivity index (χ1) is 9.34. The first-order valence-corrected chi connectivity index (χ1v) is 7.43. The largest absolute Gasteiger partial charge is 0.416 e. The highest BCUT2D eigenvalue weighted by Crippen LogP contribution is 2.32. The first kappa shape index (κ1) is 15.2. The average molecular weight is 302 g/mol. The van der Waals surface area contributed by atoms with Crippen LogP contribution in [0.25, 0.3) is 0 Å². The van der Waals surface area contributed by atoms with Crippen LogP contribution < -0.4 is 5.32 Å². The average Bonchev–Trinajstić information content (AvgIpc) is 2.78. The summed E-state index contributed by atoms with van der Waals surface area (Å²) in [6.45, 7) is 4.21. The molecule has 110 valence electrons. The van der Waals surface area contributed by atoms with E-state index in [0.29, 0.717) is 0 Å². The van der Waals surface area contributed by atoms with Crippen molar-refractivity contribution >= 4 is 16.9 Å². The van der Waals surface area contributed by atoms with E-state index in [1.807, 2.05) is 0 Å². The molecule has 1 aliphatic rings. The zero-order valence-corrected chi connectivity index (χ0v) is 12.2. The summed E-state index contributed by atoms with van der Waals surface area (Å²) in [4.78, 5) is 4.28. The van der Waals surface area contributed by atoms with E-state index in [0.717, 1.165) is 23.4 Å². The van der Waals surface area contributed by atoms with Gasteiger partial charge in [-0.25, -0.2) is 0 Å². The molecule has 0 bridgehead atoms. The van der Waals surface area contributed by atoms with E-state index in [1.165, 1.54) is 12.1 Å². The molecule has 1 aliphatic heterocycles. The summed E-state index contributed by atoms with van der Waals surface area (Å²) in [5.74, 6) is 0.892. The highest BCUT2D eigenvalue weighted by Gasteiger charge is 2.33. The second kappa shape index (κ2) is 5.68. The monoisotopic (exact) mass is 302 g/mol. The Bertz CT molecular complexity index is 513. The quantitative estimate of drug-likeness (QED) is 0.910. The zero-order chi connectivity index (χ0) is 14.8. The van der Waals surface area contributed by atoms with Gasteiger partial charge in [0.15, 0.2) is 5.17 Å². The summed E-state index contributed by atoms with van der Waals surface area (Å²) >= 11 is 1.56. The Morgan fingerprint density at radius 1 is 1.35 bits per heavy atom. The van der Waals surface area contributed by atoms with Crippen molar-refractivity contribution < 1.29 is 13.2 Å². The Kier molecular flexibility index (Phi) is 4.32. The van der Waals surface area contributed by atoms with Crippen molar-refractivity contribution in [1.82, 2.24) is 5.32 Å². The number of thioether (sulfide) groups is 1. The molecule has 0 spiro atoms. The number of halogens is 3. The Balaban J connectivity index is 2.13. The molecule has 2 nitrogen and oxygen atoms in total. The molecule has 0 aromatic heterocycles. The van der Waals surface area contributed by atoms with E-state index < -0.39 is 11.7 Å². The van der Waals surface area contributed by atoms with Crippen molar-refractivity contribution in [2.75, 3.05) is 5.75 Å². The van der Waals surface area contributed by atoms with Crippen LogP contribution in [0.4, 0.5) is 13.2 Å². The van der Waals surface area contributed by atoms with Crippen molar-refractivity contribution in [3.8, 4) is 0 Å². The van der Waals surface area contributed by atoms with Crippen LogP contribution in [-0.2, 0) is 12.7 Å². The lowest BCUT2D eigenvalue weighted by Crippen LogP contribution is -2.39. The van der Waals surface area contributed by atoms with Gasteiger partial charge in [0.1, 0.15) is 0 Å². The van der Waals surface area contributed by atoms with E-state index >= 15 is 0 Å². The number of hydrogen-bond acceptors (Lipinski definition) is 2. The molecule has 0 aliphatic carbocycles. The topological polar surface area (TPSA) is 24.4 Å². The Labute approximate surface area is 120 Å². The van der Waals surface area contributed by atoms with Gasteiger partial charge in [-0.1, -0.05) is 36.9 Å². The van der Waals surface area contributed by atoms with Crippen LogP contribution in [0.2, 0.25) is 0 Å². The second-order valence-electron chi connectivity index (χ2n) is 5.10. The molecule has 6 heteroatoms. The number of amidine groups is 1. The molecule has 0 radical (unpaired) electrons. The number of benzene rings is 1. The predicted octanol–water partition coefficient (Wildman–Crippen LogP) is 4.07. The van der Waals surface area contributed by atoms with Gasteiger partial charge in [-0.15, -0.1) is 0 Å². The molecule has 1 atom stereocenters. The van der Waals surface area contributed by atoms with E-state index in [4.69, 9.17) is 0 Å².